The Labute approximate surface area is 134 Å². The van der Waals surface area contributed by atoms with Gasteiger partial charge in [-0.15, -0.1) is 11.3 Å². The number of nitrogens with zero attached hydrogens (tertiary/aromatic N) is 1. The van der Waals surface area contributed by atoms with Gasteiger partial charge in [0.1, 0.15) is 11.1 Å². The molecule has 5 nitrogen and oxygen atoms in total. The Morgan fingerprint density at radius 3 is 2.55 bits per heavy atom. The molecular weight excluding hydrogens is 300 g/mol. The Bertz CT molecular complexity index is 630. The molecule has 1 aromatic heterocycles. The van der Waals surface area contributed by atoms with Crippen LogP contribution in [0.4, 0.5) is 5.00 Å². The summed E-state index contributed by atoms with van der Waals surface area (Å²) in [6.45, 7) is 3.91. The molecule has 118 valence electrons. The highest BCUT2D eigenvalue weighted by Crippen LogP contribution is 2.35. The number of aliphatic carboxylic acids is 1. The number of nitrogens with one attached hydrogen (secondary N) is 1. The first-order valence-corrected chi connectivity index (χ1v) is 8.37. The number of amides is 1. The first-order valence-electron chi connectivity index (χ1n) is 7.55. The highest BCUT2D eigenvalue weighted by atomic mass is 32.1. The molecule has 22 heavy (non-hydrogen) atoms. The van der Waals surface area contributed by atoms with E-state index in [0.29, 0.717) is 23.4 Å². The van der Waals surface area contributed by atoms with E-state index in [1.165, 1.54) is 11.3 Å². The Morgan fingerprint density at radius 2 is 2.00 bits per heavy atom. The van der Waals surface area contributed by atoms with Crippen LogP contribution in [0.25, 0.3) is 0 Å². The normalized spacial score (nSPS) is 21.1. The molecule has 0 radical (unpaired) electrons. The van der Waals surface area contributed by atoms with E-state index in [2.05, 4.69) is 11.4 Å². The number of hydrogen-bond donors (Lipinski definition) is 2. The van der Waals surface area contributed by atoms with Crippen LogP contribution in [-0.4, -0.2) is 17.0 Å². The number of anilines is 1. The van der Waals surface area contributed by atoms with Gasteiger partial charge in [0.05, 0.1) is 17.4 Å². The third kappa shape index (κ3) is 3.14. The van der Waals surface area contributed by atoms with Crippen molar-refractivity contribution < 1.29 is 14.7 Å². The summed E-state index contributed by atoms with van der Waals surface area (Å²) < 4.78 is 0. The third-order valence-corrected chi connectivity index (χ3v) is 5.39. The summed E-state index contributed by atoms with van der Waals surface area (Å²) in [5, 5.41) is 22.0. The Kier molecular flexibility index (Phi) is 5.19. The van der Waals surface area contributed by atoms with Gasteiger partial charge in [0.15, 0.2) is 0 Å². The van der Waals surface area contributed by atoms with Crippen molar-refractivity contribution in [3.8, 4) is 6.07 Å². The zero-order valence-electron chi connectivity index (χ0n) is 12.8. The molecule has 0 saturated heterocycles. The van der Waals surface area contributed by atoms with Crippen LogP contribution >= 0.6 is 11.3 Å². The molecule has 0 aliphatic heterocycles. The standard InChI is InChI=1S/C16H20N2O3S/c1-3-10-9(2)22-15(13(10)8-17)18-14(19)11-6-4-5-7-12(11)16(20)21/h11-12H,3-7H2,1-2H3,(H,18,19)(H,20,21)/t11-,12-/m0/s1. The van der Waals surface area contributed by atoms with Gasteiger partial charge in [-0.3, -0.25) is 9.59 Å². The van der Waals surface area contributed by atoms with Gasteiger partial charge >= 0.3 is 5.97 Å². The lowest BCUT2D eigenvalue weighted by Gasteiger charge is -2.27. The lowest BCUT2D eigenvalue weighted by atomic mass is 9.79. The SMILES string of the molecule is CCc1c(C)sc(NC(=O)[C@H]2CCCC[C@@H]2C(=O)O)c1C#N. The number of carboxylic acid groups (broad SMARTS) is 1. The second kappa shape index (κ2) is 6.93. The largest absolute Gasteiger partial charge is 0.481 e. The summed E-state index contributed by atoms with van der Waals surface area (Å²) in [6, 6.07) is 2.16. The molecule has 1 fully saturated rings. The fraction of sp³-hybridized carbons (Fsp3) is 0.562. The van der Waals surface area contributed by atoms with Crippen molar-refractivity contribution in [1.29, 1.82) is 5.26 Å². The molecule has 6 heteroatoms. The summed E-state index contributed by atoms with van der Waals surface area (Å²) in [6.07, 6.45) is 3.60. The smallest absolute Gasteiger partial charge is 0.307 e. The number of thiophene rings is 1. The summed E-state index contributed by atoms with van der Waals surface area (Å²) in [4.78, 5) is 24.8. The minimum atomic E-state index is -0.906. The van der Waals surface area contributed by atoms with Crippen LogP contribution in [0.5, 0.6) is 0 Å². The molecule has 1 aliphatic rings. The molecule has 1 amide bonds. The predicted molar refractivity (Wildman–Crippen MR) is 84.9 cm³/mol. The fourth-order valence-electron chi connectivity index (χ4n) is 3.16. The minimum Gasteiger partial charge on any atom is -0.481 e. The van der Waals surface area contributed by atoms with E-state index in [1.54, 1.807) is 0 Å². The molecule has 1 saturated carbocycles. The molecule has 0 unspecified atom stereocenters. The lowest BCUT2D eigenvalue weighted by molar-refractivity contribution is -0.147. The minimum absolute atomic E-state index is 0.271. The summed E-state index contributed by atoms with van der Waals surface area (Å²) in [5.74, 6) is -2.30. The summed E-state index contributed by atoms with van der Waals surface area (Å²) in [5.41, 5.74) is 1.47. The molecule has 0 aromatic carbocycles. The highest BCUT2D eigenvalue weighted by Gasteiger charge is 2.36. The number of carbonyl (C=O) groups is 2. The molecule has 1 heterocycles. The van der Waals surface area contributed by atoms with E-state index < -0.39 is 17.8 Å². The number of carbonyl (C=O) groups excluding carboxylic acids is 1. The Morgan fingerprint density at radius 1 is 1.36 bits per heavy atom. The van der Waals surface area contributed by atoms with Gasteiger partial charge in [0.2, 0.25) is 5.91 Å². The van der Waals surface area contributed by atoms with Crippen molar-refractivity contribution in [3.05, 3.63) is 16.0 Å². The number of aryl methyl sites for hydroxylation is 1. The van der Waals surface area contributed by atoms with Crippen molar-refractivity contribution in [1.82, 2.24) is 0 Å². The van der Waals surface area contributed by atoms with Crippen molar-refractivity contribution in [2.75, 3.05) is 5.32 Å². The van der Waals surface area contributed by atoms with E-state index in [1.807, 2.05) is 13.8 Å². The molecule has 1 aliphatic carbocycles. The van der Waals surface area contributed by atoms with Gasteiger partial charge in [-0.2, -0.15) is 5.26 Å². The third-order valence-electron chi connectivity index (χ3n) is 4.33. The second-order valence-electron chi connectivity index (χ2n) is 5.63. The zero-order valence-corrected chi connectivity index (χ0v) is 13.6. The quantitative estimate of drug-likeness (QED) is 0.890. The average molecular weight is 320 g/mol. The van der Waals surface area contributed by atoms with E-state index in [0.717, 1.165) is 29.7 Å². The molecule has 2 N–H and O–H groups in total. The predicted octanol–water partition coefficient (Wildman–Crippen LogP) is 3.32. The van der Waals surface area contributed by atoms with Gasteiger partial charge in [0.25, 0.3) is 0 Å². The van der Waals surface area contributed by atoms with E-state index in [-0.39, 0.29) is 5.91 Å². The first-order chi connectivity index (χ1) is 10.5. The number of rotatable bonds is 4. The van der Waals surface area contributed by atoms with Gasteiger partial charge < -0.3 is 10.4 Å². The van der Waals surface area contributed by atoms with Crippen LogP contribution in [0.3, 0.4) is 0 Å². The number of hydrogen-bond acceptors (Lipinski definition) is 4. The molecular formula is C16H20N2O3S. The van der Waals surface area contributed by atoms with Gasteiger partial charge in [-0.25, -0.2) is 0 Å². The fourth-order valence-corrected chi connectivity index (χ4v) is 4.25. The number of carboxylic acids is 1. The van der Waals surface area contributed by atoms with Crippen LogP contribution < -0.4 is 5.32 Å². The van der Waals surface area contributed by atoms with Crippen molar-refractivity contribution in [2.45, 2.75) is 46.0 Å². The van der Waals surface area contributed by atoms with Gasteiger partial charge in [-0.05, 0) is 31.7 Å². The van der Waals surface area contributed by atoms with E-state index >= 15 is 0 Å². The first kappa shape index (κ1) is 16.5. The van der Waals surface area contributed by atoms with Crippen LogP contribution in [-0.2, 0) is 16.0 Å². The van der Waals surface area contributed by atoms with Gasteiger partial charge in [-0.1, -0.05) is 19.8 Å². The highest BCUT2D eigenvalue weighted by molar-refractivity contribution is 7.16. The van der Waals surface area contributed by atoms with E-state index in [4.69, 9.17) is 0 Å². The van der Waals surface area contributed by atoms with E-state index in [9.17, 15) is 20.0 Å². The second-order valence-corrected chi connectivity index (χ2v) is 6.86. The van der Waals surface area contributed by atoms with Crippen LogP contribution in [0.2, 0.25) is 0 Å². The molecule has 1 aromatic rings. The average Bonchev–Trinajstić information content (AvgIpc) is 2.81. The van der Waals surface area contributed by atoms with Crippen molar-refractivity contribution in [3.63, 3.8) is 0 Å². The molecule has 2 atom stereocenters. The van der Waals surface area contributed by atoms with Crippen LogP contribution in [0.1, 0.15) is 48.6 Å². The maximum Gasteiger partial charge on any atom is 0.307 e. The maximum atomic E-state index is 12.5. The maximum absolute atomic E-state index is 12.5. The van der Waals surface area contributed by atoms with Crippen LogP contribution in [0.15, 0.2) is 0 Å². The number of nitriles is 1. The topological polar surface area (TPSA) is 90.2 Å². The molecule has 0 spiro atoms. The van der Waals surface area contributed by atoms with Gasteiger partial charge in [0, 0.05) is 4.88 Å². The molecule has 0 bridgehead atoms. The van der Waals surface area contributed by atoms with Crippen molar-refractivity contribution >= 4 is 28.2 Å². The Balaban J connectivity index is 2.21. The Hall–Kier alpha value is -1.87. The lowest BCUT2D eigenvalue weighted by Crippen LogP contribution is -2.36. The van der Waals surface area contributed by atoms with Crippen molar-refractivity contribution in [2.24, 2.45) is 11.8 Å². The van der Waals surface area contributed by atoms with Crippen LogP contribution in [0, 0.1) is 30.1 Å². The summed E-state index contributed by atoms with van der Waals surface area (Å²) in [7, 11) is 0. The zero-order chi connectivity index (χ0) is 16.3. The summed E-state index contributed by atoms with van der Waals surface area (Å²) >= 11 is 1.39. The monoisotopic (exact) mass is 320 g/mol. The molecule has 2 rings (SSSR count).